The van der Waals surface area contributed by atoms with E-state index in [1.165, 1.54) is 5.56 Å². The summed E-state index contributed by atoms with van der Waals surface area (Å²) in [5.74, 6) is 0.472. The number of carbonyl (C=O) groups is 2. The van der Waals surface area contributed by atoms with Gasteiger partial charge >= 0.3 is 0 Å². The van der Waals surface area contributed by atoms with E-state index in [1.807, 2.05) is 36.9 Å². The van der Waals surface area contributed by atoms with Crippen LogP contribution in [0, 0.1) is 5.92 Å². The topological polar surface area (TPSA) is 71.3 Å². The van der Waals surface area contributed by atoms with Crippen molar-refractivity contribution in [3.8, 4) is 0 Å². The lowest BCUT2D eigenvalue weighted by Gasteiger charge is -2.32. The average Bonchev–Trinajstić information content (AvgIpc) is 3.22. The molecule has 0 radical (unpaired) electrons. The fourth-order valence-corrected chi connectivity index (χ4v) is 3.92. The second-order valence-electron chi connectivity index (χ2n) is 7.64. The van der Waals surface area contributed by atoms with Gasteiger partial charge in [0, 0.05) is 39.1 Å². The number of likely N-dealkylation sites (tertiary alicyclic amines) is 1. The lowest BCUT2D eigenvalue weighted by atomic mass is 9.97. The van der Waals surface area contributed by atoms with Crippen LogP contribution in [0.3, 0.4) is 0 Å². The number of benzene rings is 1. The number of aryl methyl sites for hydroxylation is 1. The van der Waals surface area contributed by atoms with Crippen molar-refractivity contribution >= 4 is 11.8 Å². The Morgan fingerprint density at radius 2 is 1.93 bits per heavy atom. The van der Waals surface area contributed by atoms with Crippen molar-refractivity contribution in [3.63, 3.8) is 0 Å². The molecule has 0 N–H and O–H groups in total. The Balaban J connectivity index is 1.52. The van der Waals surface area contributed by atoms with E-state index in [1.54, 1.807) is 15.8 Å². The molecule has 0 spiro atoms. The van der Waals surface area contributed by atoms with Gasteiger partial charge in [-0.05, 0) is 44.6 Å². The van der Waals surface area contributed by atoms with Crippen molar-refractivity contribution in [2.75, 3.05) is 26.2 Å². The maximum absolute atomic E-state index is 12.6. The van der Waals surface area contributed by atoms with Gasteiger partial charge < -0.3 is 9.80 Å². The zero-order chi connectivity index (χ0) is 20.6. The van der Waals surface area contributed by atoms with E-state index >= 15 is 0 Å². The van der Waals surface area contributed by atoms with Crippen LogP contribution in [0.4, 0.5) is 0 Å². The second-order valence-corrected chi connectivity index (χ2v) is 7.64. The lowest BCUT2D eigenvalue weighted by Crippen LogP contribution is -2.41. The van der Waals surface area contributed by atoms with E-state index in [4.69, 9.17) is 0 Å². The fourth-order valence-electron chi connectivity index (χ4n) is 3.92. The molecule has 0 saturated carbocycles. The third kappa shape index (κ3) is 5.65. The van der Waals surface area contributed by atoms with Crippen LogP contribution in [0.15, 0.2) is 36.5 Å². The molecule has 2 heterocycles. The van der Waals surface area contributed by atoms with Crippen LogP contribution in [-0.2, 0) is 17.8 Å². The SMILES string of the molecule is CCN(CC)C(=O)c1cn(C[C@H]2CCCN(C(=O)CCc3ccccc3)C2)nn1. The first kappa shape index (κ1) is 21.0. The highest BCUT2D eigenvalue weighted by atomic mass is 16.2. The molecule has 1 atom stereocenters. The highest BCUT2D eigenvalue weighted by molar-refractivity contribution is 5.91. The molecule has 0 unspecified atom stereocenters. The first-order valence-corrected chi connectivity index (χ1v) is 10.6. The predicted molar refractivity (Wildman–Crippen MR) is 111 cm³/mol. The first-order chi connectivity index (χ1) is 14.1. The minimum Gasteiger partial charge on any atom is -0.342 e. The maximum atomic E-state index is 12.6. The Morgan fingerprint density at radius 1 is 1.17 bits per heavy atom. The van der Waals surface area contributed by atoms with Crippen LogP contribution in [0.5, 0.6) is 0 Å². The van der Waals surface area contributed by atoms with Crippen molar-refractivity contribution in [2.24, 2.45) is 5.92 Å². The van der Waals surface area contributed by atoms with E-state index in [2.05, 4.69) is 22.4 Å². The number of carbonyl (C=O) groups excluding carboxylic acids is 2. The molecule has 0 aliphatic carbocycles. The highest BCUT2D eigenvalue weighted by Crippen LogP contribution is 2.19. The van der Waals surface area contributed by atoms with Crippen LogP contribution in [-0.4, -0.2) is 62.8 Å². The minimum absolute atomic E-state index is 0.0809. The van der Waals surface area contributed by atoms with Crippen molar-refractivity contribution in [1.29, 1.82) is 0 Å². The maximum Gasteiger partial charge on any atom is 0.276 e. The molecule has 1 saturated heterocycles. The number of amides is 2. The van der Waals surface area contributed by atoms with Gasteiger partial charge in [0.05, 0.1) is 6.20 Å². The zero-order valence-electron chi connectivity index (χ0n) is 17.5. The third-order valence-electron chi connectivity index (χ3n) is 5.60. The molecule has 3 rings (SSSR count). The molecule has 29 heavy (non-hydrogen) atoms. The van der Waals surface area contributed by atoms with Gasteiger partial charge in [0.1, 0.15) is 0 Å². The van der Waals surface area contributed by atoms with E-state index in [9.17, 15) is 9.59 Å². The van der Waals surface area contributed by atoms with Gasteiger partial charge in [-0.2, -0.15) is 0 Å². The Labute approximate surface area is 172 Å². The van der Waals surface area contributed by atoms with Crippen LogP contribution >= 0.6 is 0 Å². The van der Waals surface area contributed by atoms with Gasteiger partial charge in [0.2, 0.25) is 5.91 Å². The lowest BCUT2D eigenvalue weighted by molar-refractivity contribution is -0.133. The molecule has 7 heteroatoms. The number of piperidine rings is 1. The summed E-state index contributed by atoms with van der Waals surface area (Å²) in [6, 6.07) is 10.1. The van der Waals surface area contributed by atoms with Crippen molar-refractivity contribution < 1.29 is 9.59 Å². The Kier molecular flexibility index (Phi) is 7.38. The average molecular weight is 398 g/mol. The van der Waals surface area contributed by atoms with E-state index < -0.39 is 0 Å². The molecule has 7 nitrogen and oxygen atoms in total. The molecule has 0 bridgehead atoms. The van der Waals surface area contributed by atoms with Crippen LogP contribution in [0.25, 0.3) is 0 Å². The molecule has 1 fully saturated rings. The van der Waals surface area contributed by atoms with Crippen LogP contribution in [0.1, 0.15) is 49.2 Å². The molecule has 1 aromatic heterocycles. The summed E-state index contributed by atoms with van der Waals surface area (Å²) in [7, 11) is 0. The Morgan fingerprint density at radius 3 is 2.66 bits per heavy atom. The molecule has 2 aromatic rings. The quantitative estimate of drug-likeness (QED) is 0.687. The number of hydrogen-bond donors (Lipinski definition) is 0. The monoisotopic (exact) mass is 397 g/mol. The smallest absolute Gasteiger partial charge is 0.276 e. The summed E-state index contributed by atoms with van der Waals surface area (Å²) in [5, 5.41) is 8.20. The van der Waals surface area contributed by atoms with E-state index in [0.717, 1.165) is 32.4 Å². The molecular weight excluding hydrogens is 366 g/mol. The van der Waals surface area contributed by atoms with Gasteiger partial charge in [0.15, 0.2) is 5.69 Å². The summed E-state index contributed by atoms with van der Waals surface area (Å²) in [4.78, 5) is 28.8. The first-order valence-electron chi connectivity index (χ1n) is 10.6. The standard InChI is InChI=1S/C22H31N5O2/c1-3-25(4-2)22(29)20-17-27(24-23-20)16-19-11-8-14-26(15-19)21(28)13-12-18-9-6-5-7-10-18/h5-7,9-10,17,19H,3-4,8,11-16H2,1-2H3/t19-/m0/s1. The molecule has 1 aliphatic rings. The molecule has 2 amide bonds. The van der Waals surface area contributed by atoms with Crippen molar-refractivity contribution in [3.05, 3.63) is 47.8 Å². The fraction of sp³-hybridized carbons (Fsp3) is 0.545. The van der Waals surface area contributed by atoms with Gasteiger partial charge in [-0.15, -0.1) is 5.10 Å². The predicted octanol–water partition coefficient (Wildman–Crippen LogP) is 2.63. The van der Waals surface area contributed by atoms with Gasteiger partial charge in [-0.25, -0.2) is 0 Å². The summed E-state index contributed by atoms with van der Waals surface area (Å²) in [5.41, 5.74) is 1.59. The van der Waals surface area contributed by atoms with Crippen LogP contribution < -0.4 is 0 Å². The Bertz CT molecular complexity index is 801. The van der Waals surface area contributed by atoms with Gasteiger partial charge in [-0.3, -0.25) is 14.3 Å². The van der Waals surface area contributed by atoms with Crippen molar-refractivity contribution in [1.82, 2.24) is 24.8 Å². The number of hydrogen-bond acceptors (Lipinski definition) is 4. The highest BCUT2D eigenvalue weighted by Gasteiger charge is 2.25. The van der Waals surface area contributed by atoms with Crippen molar-refractivity contribution in [2.45, 2.75) is 46.1 Å². The summed E-state index contributed by atoms with van der Waals surface area (Å²) < 4.78 is 1.75. The van der Waals surface area contributed by atoms with Gasteiger partial charge in [-0.1, -0.05) is 35.5 Å². The largest absolute Gasteiger partial charge is 0.342 e. The number of nitrogens with zero attached hydrogens (tertiary/aromatic N) is 5. The normalized spacial score (nSPS) is 16.6. The third-order valence-corrected chi connectivity index (χ3v) is 5.60. The summed E-state index contributed by atoms with van der Waals surface area (Å²) >= 11 is 0. The second kappa shape index (κ2) is 10.2. The summed E-state index contributed by atoms with van der Waals surface area (Å²) in [6.07, 6.45) is 5.11. The summed E-state index contributed by atoms with van der Waals surface area (Å²) in [6.45, 7) is 7.48. The number of aromatic nitrogens is 3. The van der Waals surface area contributed by atoms with Crippen LogP contribution in [0.2, 0.25) is 0 Å². The Hall–Kier alpha value is -2.70. The zero-order valence-corrected chi connectivity index (χ0v) is 17.5. The van der Waals surface area contributed by atoms with E-state index in [-0.39, 0.29) is 11.8 Å². The molecule has 156 valence electrons. The van der Waals surface area contributed by atoms with Gasteiger partial charge in [0.25, 0.3) is 5.91 Å². The molecular formula is C22H31N5O2. The molecule has 1 aromatic carbocycles. The van der Waals surface area contributed by atoms with E-state index in [0.29, 0.717) is 37.7 Å². The molecule has 1 aliphatic heterocycles. The minimum atomic E-state index is -0.0809. The number of rotatable bonds is 8.